The molecule has 1 heteroatoms. The maximum atomic E-state index is 11.1. The average Bonchev–Trinajstić information content (AvgIpc) is 2.34. The van der Waals surface area contributed by atoms with Crippen molar-refractivity contribution in [2.24, 2.45) is 23.7 Å². The van der Waals surface area contributed by atoms with Crippen LogP contribution >= 0.6 is 0 Å². The number of carbonyl (C=O) groups excluding carboxylic acids is 1. The Balaban J connectivity index is 2.05. The van der Waals surface area contributed by atoms with Crippen molar-refractivity contribution in [2.75, 3.05) is 0 Å². The van der Waals surface area contributed by atoms with Crippen molar-refractivity contribution in [3.8, 4) is 0 Å². The lowest BCUT2D eigenvalue weighted by molar-refractivity contribution is -0.119. The fourth-order valence-corrected chi connectivity index (χ4v) is 3.10. The summed E-state index contributed by atoms with van der Waals surface area (Å²) in [5.41, 5.74) is 0. The van der Waals surface area contributed by atoms with E-state index in [1.54, 1.807) is 0 Å². The summed E-state index contributed by atoms with van der Waals surface area (Å²) in [5, 5.41) is 0. The van der Waals surface area contributed by atoms with Crippen LogP contribution in [0.2, 0.25) is 0 Å². The molecule has 4 atom stereocenters. The lowest BCUT2D eigenvalue weighted by Crippen LogP contribution is -1.97. The first-order chi connectivity index (χ1) is 4.38. The van der Waals surface area contributed by atoms with Crippen LogP contribution < -0.4 is 0 Å². The molecule has 3 saturated carbocycles. The highest BCUT2D eigenvalue weighted by Crippen LogP contribution is 2.66. The first-order valence-corrected chi connectivity index (χ1v) is 3.90. The molecular formula is C8H10O. The zero-order valence-corrected chi connectivity index (χ0v) is 5.34. The maximum Gasteiger partial charge on any atom is 0.136 e. The molecule has 3 aliphatic carbocycles. The number of Topliss-reactive ketones (excluding diaryl/α,β-unsaturated/α-hetero) is 1. The molecule has 3 aliphatic rings. The molecule has 48 valence electrons. The summed E-state index contributed by atoms with van der Waals surface area (Å²) in [6, 6.07) is 0. The van der Waals surface area contributed by atoms with E-state index < -0.39 is 0 Å². The third kappa shape index (κ3) is 0.347. The molecular weight excluding hydrogens is 112 g/mol. The molecule has 9 heavy (non-hydrogen) atoms. The Kier molecular flexibility index (Phi) is 0.544. The summed E-state index contributed by atoms with van der Waals surface area (Å²) >= 11 is 0. The second-order valence-corrected chi connectivity index (χ2v) is 3.77. The molecule has 0 spiro atoms. The number of ketones is 1. The van der Waals surface area contributed by atoms with E-state index in [4.69, 9.17) is 0 Å². The van der Waals surface area contributed by atoms with Crippen molar-refractivity contribution in [2.45, 2.75) is 19.3 Å². The van der Waals surface area contributed by atoms with Gasteiger partial charge in [-0.1, -0.05) is 0 Å². The normalized spacial score (nSPS) is 60.2. The van der Waals surface area contributed by atoms with Gasteiger partial charge in [0.2, 0.25) is 0 Å². The molecule has 1 nitrogen and oxygen atoms in total. The summed E-state index contributed by atoms with van der Waals surface area (Å²) in [7, 11) is 0. The van der Waals surface area contributed by atoms with E-state index in [0.29, 0.717) is 11.7 Å². The van der Waals surface area contributed by atoms with Crippen LogP contribution in [0.1, 0.15) is 19.3 Å². The minimum Gasteiger partial charge on any atom is -0.299 e. The van der Waals surface area contributed by atoms with Gasteiger partial charge in [0.15, 0.2) is 0 Å². The molecule has 0 radical (unpaired) electrons. The zero-order chi connectivity index (χ0) is 6.01. The molecule has 0 unspecified atom stereocenters. The highest BCUT2D eigenvalue weighted by atomic mass is 16.1. The van der Waals surface area contributed by atoms with Crippen molar-refractivity contribution in [3.63, 3.8) is 0 Å². The minimum atomic E-state index is 0.573. The number of hydrogen-bond donors (Lipinski definition) is 0. The SMILES string of the molecule is O=C1C[C@@H]2CC[C@@H]3[C@H]1[C@H]23. The number of hydrogen-bond acceptors (Lipinski definition) is 1. The molecule has 0 N–H and O–H groups in total. The summed E-state index contributed by atoms with van der Waals surface area (Å²) in [4.78, 5) is 11.1. The van der Waals surface area contributed by atoms with Crippen LogP contribution in [0.3, 0.4) is 0 Å². The van der Waals surface area contributed by atoms with Crippen molar-refractivity contribution in [3.05, 3.63) is 0 Å². The quantitative estimate of drug-likeness (QED) is 0.472. The molecule has 0 saturated heterocycles. The number of carbonyl (C=O) groups is 1. The highest BCUT2D eigenvalue weighted by Gasteiger charge is 2.65. The van der Waals surface area contributed by atoms with Gasteiger partial charge in [-0.25, -0.2) is 0 Å². The smallest absolute Gasteiger partial charge is 0.136 e. The van der Waals surface area contributed by atoms with Gasteiger partial charge in [0, 0.05) is 12.3 Å². The molecule has 3 rings (SSSR count). The van der Waals surface area contributed by atoms with Crippen molar-refractivity contribution < 1.29 is 4.79 Å². The first-order valence-electron chi connectivity index (χ1n) is 3.90. The highest BCUT2D eigenvalue weighted by molar-refractivity contribution is 5.88. The molecule has 0 aliphatic heterocycles. The van der Waals surface area contributed by atoms with Gasteiger partial charge in [-0.3, -0.25) is 4.79 Å². The van der Waals surface area contributed by atoms with Gasteiger partial charge in [0.25, 0.3) is 0 Å². The minimum absolute atomic E-state index is 0.573. The van der Waals surface area contributed by atoms with Crippen LogP contribution in [-0.2, 0) is 4.79 Å². The predicted molar refractivity (Wildman–Crippen MR) is 32.8 cm³/mol. The van der Waals surface area contributed by atoms with Crippen molar-refractivity contribution in [1.29, 1.82) is 0 Å². The van der Waals surface area contributed by atoms with E-state index in [2.05, 4.69) is 0 Å². The lowest BCUT2D eigenvalue weighted by Gasteiger charge is -1.98. The molecule has 0 amide bonds. The summed E-state index contributed by atoms with van der Waals surface area (Å²) in [6.45, 7) is 0. The van der Waals surface area contributed by atoms with Crippen LogP contribution in [0.15, 0.2) is 0 Å². The monoisotopic (exact) mass is 122 g/mol. The Bertz CT molecular complexity index is 185. The standard InChI is InChI=1S/C8H10O/c9-6-3-4-1-2-5-7(4)8(5)6/h4-5,7-8H,1-3H2/t4-,5-,7+,8+/m0/s1. The molecule has 0 aromatic rings. The van der Waals surface area contributed by atoms with Crippen molar-refractivity contribution >= 4 is 5.78 Å². The van der Waals surface area contributed by atoms with E-state index in [1.165, 1.54) is 12.8 Å². The van der Waals surface area contributed by atoms with Crippen LogP contribution in [0, 0.1) is 23.7 Å². The largest absolute Gasteiger partial charge is 0.299 e. The summed E-state index contributed by atoms with van der Waals surface area (Å²) in [6.07, 6.45) is 3.66. The maximum absolute atomic E-state index is 11.1. The van der Waals surface area contributed by atoms with E-state index in [-0.39, 0.29) is 0 Å². The Morgan fingerprint density at radius 2 is 2.22 bits per heavy atom. The van der Waals surface area contributed by atoms with E-state index in [1.807, 2.05) is 0 Å². The summed E-state index contributed by atoms with van der Waals surface area (Å²) in [5.74, 6) is 3.76. The first kappa shape index (κ1) is 4.48. The summed E-state index contributed by atoms with van der Waals surface area (Å²) < 4.78 is 0. The molecule has 0 bridgehead atoms. The van der Waals surface area contributed by atoms with Gasteiger partial charge >= 0.3 is 0 Å². The van der Waals surface area contributed by atoms with Crippen LogP contribution in [0.25, 0.3) is 0 Å². The average molecular weight is 122 g/mol. The van der Waals surface area contributed by atoms with Crippen LogP contribution in [0.4, 0.5) is 0 Å². The second kappa shape index (κ2) is 1.09. The van der Waals surface area contributed by atoms with Crippen LogP contribution in [0.5, 0.6) is 0 Å². The molecule has 0 heterocycles. The molecule has 0 aromatic carbocycles. The second-order valence-electron chi connectivity index (χ2n) is 3.77. The number of rotatable bonds is 0. The topological polar surface area (TPSA) is 17.1 Å². The van der Waals surface area contributed by atoms with Gasteiger partial charge in [-0.15, -0.1) is 0 Å². The predicted octanol–water partition coefficient (Wildman–Crippen LogP) is 1.23. The van der Waals surface area contributed by atoms with Gasteiger partial charge in [0.05, 0.1) is 0 Å². The molecule has 3 fully saturated rings. The Hall–Kier alpha value is -0.330. The van der Waals surface area contributed by atoms with E-state index >= 15 is 0 Å². The van der Waals surface area contributed by atoms with Crippen molar-refractivity contribution in [1.82, 2.24) is 0 Å². The van der Waals surface area contributed by atoms with Gasteiger partial charge in [-0.05, 0) is 30.6 Å². The third-order valence-electron chi connectivity index (χ3n) is 3.48. The van der Waals surface area contributed by atoms with Gasteiger partial charge in [0.1, 0.15) is 5.78 Å². The molecule has 0 aromatic heterocycles. The van der Waals surface area contributed by atoms with E-state index in [0.717, 1.165) is 24.2 Å². The Morgan fingerprint density at radius 3 is 2.78 bits per heavy atom. The fourth-order valence-electron chi connectivity index (χ4n) is 3.10. The Labute approximate surface area is 54.4 Å². The third-order valence-corrected chi connectivity index (χ3v) is 3.48. The fraction of sp³-hybridized carbons (Fsp3) is 0.875. The van der Waals surface area contributed by atoms with Crippen LogP contribution in [-0.4, -0.2) is 5.78 Å². The van der Waals surface area contributed by atoms with Gasteiger partial charge < -0.3 is 0 Å². The van der Waals surface area contributed by atoms with E-state index in [9.17, 15) is 4.79 Å². The lowest BCUT2D eigenvalue weighted by atomic mass is 10.1. The zero-order valence-electron chi connectivity index (χ0n) is 5.34. The number of fused-ring (bicyclic) bond motifs is 1. The Morgan fingerprint density at radius 1 is 1.33 bits per heavy atom. The van der Waals surface area contributed by atoms with Gasteiger partial charge in [-0.2, -0.15) is 0 Å².